The topological polar surface area (TPSA) is 54.5 Å². The van der Waals surface area contributed by atoms with Crippen molar-refractivity contribution in [3.63, 3.8) is 0 Å². The molecule has 1 aromatic rings. The summed E-state index contributed by atoms with van der Waals surface area (Å²) in [5.74, 6) is 0.856. The van der Waals surface area contributed by atoms with Crippen LogP contribution in [0.25, 0.3) is 0 Å². The highest BCUT2D eigenvalue weighted by Crippen LogP contribution is 2.38. The highest BCUT2D eigenvalue weighted by molar-refractivity contribution is 8.13. The van der Waals surface area contributed by atoms with Gasteiger partial charge in [0.1, 0.15) is 0 Å². The van der Waals surface area contributed by atoms with Crippen molar-refractivity contribution in [2.45, 2.75) is 18.2 Å². The molecule has 110 valence electrons. The van der Waals surface area contributed by atoms with Gasteiger partial charge in [-0.05, 0) is 36.5 Å². The Balaban J connectivity index is 2.24. The highest BCUT2D eigenvalue weighted by Gasteiger charge is 2.34. The molecular weight excluding hydrogens is 321 g/mol. The second-order valence-electron chi connectivity index (χ2n) is 5.24. The molecule has 1 aliphatic carbocycles. The molecule has 0 aliphatic heterocycles. The normalized spacial score (nSPS) is 21.6. The fraction of sp³-hybridized carbons (Fsp3) is 0.462. The Morgan fingerprint density at radius 3 is 2.55 bits per heavy atom. The first-order chi connectivity index (χ1) is 9.20. The third-order valence-corrected chi connectivity index (χ3v) is 5.26. The van der Waals surface area contributed by atoms with Crippen LogP contribution in [0.1, 0.15) is 23.7 Å². The van der Waals surface area contributed by atoms with E-state index in [4.69, 9.17) is 22.3 Å². The van der Waals surface area contributed by atoms with E-state index in [1.54, 1.807) is 11.9 Å². The molecule has 2 rings (SSSR count). The first-order valence-corrected chi connectivity index (χ1v) is 8.88. The van der Waals surface area contributed by atoms with Gasteiger partial charge < -0.3 is 4.90 Å². The van der Waals surface area contributed by atoms with Gasteiger partial charge in [-0.25, -0.2) is 8.42 Å². The van der Waals surface area contributed by atoms with Gasteiger partial charge in [0.25, 0.3) is 15.0 Å². The van der Waals surface area contributed by atoms with Gasteiger partial charge >= 0.3 is 0 Å². The Kier molecular flexibility index (Phi) is 4.33. The van der Waals surface area contributed by atoms with Crippen LogP contribution in [0.3, 0.4) is 0 Å². The summed E-state index contributed by atoms with van der Waals surface area (Å²) in [4.78, 5) is 13.8. The fourth-order valence-electron chi connectivity index (χ4n) is 2.11. The minimum atomic E-state index is -3.88. The molecule has 1 aromatic carbocycles. The lowest BCUT2D eigenvalue weighted by atomic mass is 10.2. The summed E-state index contributed by atoms with van der Waals surface area (Å²) in [5.41, 5.74) is 0.157. The van der Waals surface area contributed by atoms with Crippen LogP contribution in [0.5, 0.6) is 0 Å². The minimum absolute atomic E-state index is 0.125. The van der Waals surface area contributed by atoms with Crippen molar-refractivity contribution in [1.82, 2.24) is 4.90 Å². The Hall–Kier alpha value is -0.780. The second kappa shape index (κ2) is 5.54. The zero-order valence-corrected chi connectivity index (χ0v) is 13.5. The molecule has 7 heteroatoms. The predicted molar refractivity (Wildman–Crippen MR) is 78.7 cm³/mol. The van der Waals surface area contributed by atoms with E-state index >= 15 is 0 Å². The lowest BCUT2D eigenvalue weighted by molar-refractivity contribution is 0.0787. The molecule has 1 saturated carbocycles. The SMILES string of the molecule is CC1CC1CN(C)C(=O)c1cc(S(=O)(=O)Cl)ccc1Cl. The number of hydrogen-bond acceptors (Lipinski definition) is 3. The molecular formula is C13H15Cl2NO3S. The van der Waals surface area contributed by atoms with Gasteiger partial charge in [0, 0.05) is 24.3 Å². The van der Waals surface area contributed by atoms with Gasteiger partial charge in [-0.3, -0.25) is 4.79 Å². The largest absolute Gasteiger partial charge is 0.341 e. The van der Waals surface area contributed by atoms with Gasteiger partial charge in [0.05, 0.1) is 15.5 Å². The van der Waals surface area contributed by atoms with Gasteiger partial charge in [-0.2, -0.15) is 0 Å². The summed E-state index contributed by atoms with van der Waals surface area (Å²) in [5, 5.41) is 0.217. The lowest BCUT2D eigenvalue weighted by Gasteiger charge is -2.18. The standard InChI is InChI=1S/C13H15Cl2NO3S/c1-8-5-9(8)7-16(2)13(17)11-6-10(20(15,18)19)3-4-12(11)14/h3-4,6,8-9H,5,7H2,1-2H3. The zero-order chi connectivity index (χ0) is 15.1. The molecule has 1 amide bonds. The van der Waals surface area contributed by atoms with Crippen LogP contribution >= 0.6 is 22.3 Å². The van der Waals surface area contributed by atoms with Crippen molar-refractivity contribution in [2.75, 3.05) is 13.6 Å². The van der Waals surface area contributed by atoms with E-state index in [0.29, 0.717) is 18.4 Å². The summed E-state index contributed by atoms with van der Waals surface area (Å²) in [6.45, 7) is 2.78. The van der Waals surface area contributed by atoms with E-state index in [-0.39, 0.29) is 21.4 Å². The van der Waals surface area contributed by atoms with E-state index < -0.39 is 9.05 Å². The molecule has 1 fully saturated rings. The Morgan fingerprint density at radius 2 is 2.05 bits per heavy atom. The number of nitrogens with zero attached hydrogens (tertiary/aromatic N) is 1. The molecule has 0 heterocycles. The summed E-state index contributed by atoms with van der Waals surface area (Å²) in [6, 6.07) is 3.88. The average Bonchev–Trinajstić information content (AvgIpc) is 3.03. The first kappa shape index (κ1) is 15.6. The van der Waals surface area contributed by atoms with Crippen LogP contribution in [0, 0.1) is 11.8 Å². The third kappa shape index (κ3) is 3.45. The molecule has 2 atom stereocenters. The van der Waals surface area contributed by atoms with Crippen molar-refractivity contribution in [2.24, 2.45) is 11.8 Å². The molecule has 0 saturated heterocycles. The van der Waals surface area contributed by atoms with E-state index in [1.807, 2.05) is 0 Å². The van der Waals surface area contributed by atoms with Crippen molar-refractivity contribution in [3.05, 3.63) is 28.8 Å². The van der Waals surface area contributed by atoms with Crippen molar-refractivity contribution in [1.29, 1.82) is 0 Å². The van der Waals surface area contributed by atoms with E-state index in [9.17, 15) is 13.2 Å². The summed E-state index contributed by atoms with van der Waals surface area (Å²) in [7, 11) is 3.09. The van der Waals surface area contributed by atoms with Crippen LogP contribution in [-0.4, -0.2) is 32.8 Å². The smallest absolute Gasteiger partial charge is 0.261 e. The van der Waals surface area contributed by atoms with Crippen molar-refractivity contribution in [3.8, 4) is 0 Å². The van der Waals surface area contributed by atoms with E-state index in [1.165, 1.54) is 18.2 Å². The average molecular weight is 336 g/mol. The molecule has 0 radical (unpaired) electrons. The van der Waals surface area contributed by atoms with Crippen LogP contribution in [-0.2, 0) is 9.05 Å². The van der Waals surface area contributed by atoms with E-state index in [0.717, 1.165) is 6.42 Å². The second-order valence-corrected chi connectivity index (χ2v) is 8.21. The van der Waals surface area contributed by atoms with Crippen LogP contribution in [0.15, 0.2) is 23.1 Å². The van der Waals surface area contributed by atoms with E-state index in [2.05, 4.69) is 6.92 Å². The maximum atomic E-state index is 12.3. The molecule has 20 heavy (non-hydrogen) atoms. The quantitative estimate of drug-likeness (QED) is 0.795. The highest BCUT2D eigenvalue weighted by atomic mass is 35.7. The third-order valence-electron chi connectivity index (χ3n) is 3.58. The monoisotopic (exact) mass is 335 g/mol. The Labute approximate surface area is 128 Å². The molecule has 4 nitrogen and oxygen atoms in total. The number of benzene rings is 1. The zero-order valence-electron chi connectivity index (χ0n) is 11.1. The number of hydrogen-bond donors (Lipinski definition) is 0. The number of amides is 1. The molecule has 0 spiro atoms. The Bertz CT molecular complexity index is 645. The van der Waals surface area contributed by atoms with Gasteiger partial charge in [-0.1, -0.05) is 18.5 Å². The predicted octanol–water partition coefficient (Wildman–Crippen LogP) is 3.00. The fourth-order valence-corrected chi connectivity index (χ4v) is 3.09. The van der Waals surface area contributed by atoms with Crippen molar-refractivity contribution < 1.29 is 13.2 Å². The molecule has 1 aliphatic rings. The number of halogens is 2. The van der Waals surface area contributed by atoms with Crippen LogP contribution in [0.4, 0.5) is 0 Å². The maximum absolute atomic E-state index is 12.3. The first-order valence-electron chi connectivity index (χ1n) is 6.20. The maximum Gasteiger partial charge on any atom is 0.261 e. The summed E-state index contributed by atoms with van der Waals surface area (Å²) in [6.07, 6.45) is 1.11. The Morgan fingerprint density at radius 1 is 1.45 bits per heavy atom. The molecule has 0 N–H and O–H groups in total. The van der Waals surface area contributed by atoms with Gasteiger partial charge in [0.15, 0.2) is 0 Å². The summed E-state index contributed by atoms with van der Waals surface area (Å²) < 4.78 is 22.6. The van der Waals surface area contributed by atoms with Crippen LogP contribution < -0.4 is 0 Å². The lowest BCUT2D eigenvalue weighted by Crippen LogP contribution is -2.29. The summed E-state index contributed by atoms with van der Waals surface area (Å²) >= 11 is 5.98. The number of rotatable bonds is 4. The van der Waals surface area contributed by atoms with Crippen LogP contribution in [0.2, 0.25) is 5.02 Å². The minimum Gasteiger partial charge on any atom is -0.341 e. The van der Waals surface area contributed by atoms with Gasteiger partial charge in [-0.15, -0.1) is 0 Å². The number of carbonyl (C=O) groups is 1. The number of carbonyl (C=O) groups excluding carboxylic acids is 1. The van der Waals surface area contributed by atoms with Crippen molar-refractivity contribution >= 4 is 37.2 Å². The molecule has 2 unspecified atom stereocenters. The molecule has 0 aromatic heterocycles. The molecule has 0 bridgehead atoms. The van der Waals surface area contributed by atoms with Gasteiger partial charge in [0.2, 0.25) is 0 Å².